The largest absolute Gasteiger partial charge is 0.493 e. The number of methoxy groups -OCH3 is 3. The van der Waals surface area contributed by atoms with Gasteiger partial charge in [0, 0.05) is 10.0 Å². The summed E-state index contributed by atoms with van der Waals surface area (Å²) in [6.45, 7) is 0. The topological polar surface area (TPSA) is 95.7 Å². The molecule has 0 radical (unpaired) electrons. The summed E-state index contributed by atoms with van der Waals surface area (Å²) in [5.41, 5.74) is 1.00. The van der Waals surface area contributed by atoms with Crippen molar-refractivity contribution >= 4 is 27.9 Å². The maximum Gasteiger partial charge on any atom is 0.322 e. The summed E-state index contributed by atoms with van der Waals surface area (Å²) >= 11 is 3.33. The fourth-order valence-corrected chi connectivity index (χ4v) is 2.87. The van der Waals surface area contributed by atoms with Gasteiger partial charge in [-0.1, -0.05) is 17.2 Å². The molecule has 3 rings (SSSR count). The van der Waals surface area contributed by atoms with E-state index in [-0.39, 0.29) is 17.8 Å². The van der Waals surface area contributed by atoms with Gasteiger partial charge in [-0.3, -0.25) is 10.1 Å². The number of halogens is 1. The van der Waals surface area contributed by atoms with Gasteiger partial charge in [0.05, 0.1) is 26.9 Å². The summed E-state index contributed by atoms with van der Waals surface area (Å²) in [6, 6.07) is 10.3. The first-order chi connectivity index (χ1) is 13.1. The second kappa shape index (κ2) is 8.09. The fourth-order valence-electron chi connectivity index (χ4n) is 2.40. The molecular weight excluding hydrogens is 418 g/mol. The number of anilines is 1. The molecule has 9 heteroatoms. The number of hydrogen-bond acceptors (Lipinski definition) is 7. The number of nitrogens with zero attached hydrogens (tertiary/aromatic N) is 2. The minimum Gasteiger partial charge on any atom is -0.493 e. The van der Waals surface area contributed by atoms with Crippen LogP contribution in [0.3, 0.4) is 0 Å². The Morgan fingerprint density at radius 2 is 1.70 bits per heavy atom. The van der Waals surface area contributed by atoms with Gasteiger partial charge in [0.15, 0.2) is 11.5 Å². The molecule has 0 saturated carbocycles. The van der Waals surface area contributed by atoms with Crippen LogP contribution in [0.2, 0.25) is 0 Å². The predicted molar refractivity (Wildman–Crippen MR) is 101 cm³/mol. The highest BCUT2D eigenvalue weighted by molar-refractivity contribution is 9.10. The molecule has 1 aromatic heterocycles. The maximum atomic E-state index is 12.3. The smallest absolute Gasteiger partial charge is 0.322 e. The van der Waals surface area contributed by atoms with Crippen LogP contribution < -0.4 is 19.5 Å². The van der Waals surface area contributed by atoms with Gasteiger partial charge in [-0.15, -0.1) is 5.10 Å². The summed E-state index contributed by atoms with van der Waals surface area (Å²) < 4.78 is 22.1. The number of carbonyl (C=O) groups is 1. The van der Waals surface area contributed by atoms with Crippen LogP contribution in [0, 0.1) is 0 Å². The molecule has 8 nitrogen and oxygen atoms in total. The Morgan fingerprint density at radius 3 is 2.30 bits per heavy atom. The minimum absolute atomic E-state index is 0.0282. The van der Waals surface area contributed by atoms with Crippen molar-refractivity contribution in [2.75, 3.05) is 26.6 Å². The molecule has 0 atom stereocenters. The Balaban J connectivity index is 1.88. The van der Waals surface area contributed by atoms with Crippen molar-refractivity contribution in [3.05, 3.63) is 46.4 Å². The third-order valence-electron chi connectivity index (χ3n) is 3.68. The van der Waals surface area contributed by atoms with E-state index in [1.165, 1.54) is 21.3 Å². The molecule has 0 aliphatic rings. The Kier molecular flexibility index (Phi) is 5.60. The van der Waals surface area contributed by atoms with Crippen LogP contribution in [0.15, 0.2) is 45.3 Å². The lowest BCUT2D eigenvalue weighted by molar-refractivity contribution is 0.102. The highest BCUT2D eigenvalue weighted by Gasteiger charge is 2.19. The monoisotopic (exact) mass is 433 g/mol. The van der Waals surface area contributed by atoms with Gasteiger partial charge in [0.25, 0.3) is 5.91 Å². The minimum atomic E-state index is -0.373. The van der Waals surface area contributed by atoms with E-state index in [4.69, 9.17) is 18.6 Å². The number of benzene rings is 2. The molecule has 0 unspecified atom stereocenters. The number of carbonyl (C=O) groups excluding carboxylic acids is 1. The normalized spacial score (nSPS) is 10.4. The molecule has 0 aliphatic carbocycles. The van der Waals surface area contributed by atoms with Gasteiger partial charge in [-0.25, -0.2) is 0 Å². The van der Waals surface area contributed by atoms with E-state index in [9.17, 15) is 4.79 Å². The van der Waals surface area contributed by atoms with E-state index in [1.807, 2.05) is 6.07 Å². The Labute approximate surface area is 163 Å². The summed E-state index contributed by atoms with van der Waals surface area (Å²) in [7, 11) is 4.54. The van der Waals surface area contributed by atoms with Gasteiger partial charge >= 0.3 is 6.01 Å². The lowest BCUT2D eigenvalue weighted by Crippen LogP contribution is -2.12. The highest BCUT2D eigenvalue weighted by atomic mass is 79.9. The molecule has 1 heterocycles. The molecule has 1 amide bonds. The van der Waals surface area contributed by atoms with Crippen LogP contribution in [-0.4, -0.2) is 37.4 Å². The molecule has 0 bridgehead atoms. The zero-order valence-electron chi connectivity index (χ0n) is 14.8. The van der Waals surface area contributed by atoms with E-state index in [0.29, 0.717) is 32.8 Å². The lowest BCUT2D eigenvalue weighted by atomic mass is 10.2. The van der Waals surface area contributed by atoms with E-state index in [1.54, 1.807) is 30.3 Å². The van der Waals surface area contributed by atoms with Crippen LogP contribution in [0.1, 0.15) is 10.4 Å². The third kappa shape index (κ3) is 3.87. The Hall–Kier alpha value is -3.07. The van der Waals surface area contributed by atoms with Crippen molar-refractivity contribution in [3.63, 3.8) is 0 Å². The van der Waals surface area contributed by atoms with Gasteiger partial charge in [-0.2, -0.15) is 0 Å². The molecule has 2 aromatic carbocycles. The highest BCUT2D eigenvalue weighted by Crippen LogP contribution is 2.41. The summed E-state index contributed by atoms with van der Waals surface area (Å²) in [5.74, 6) is 1.16. The van der Waals surface area contributed by atoms with Gasteiger partial charge in [0.2, 0.25) is 11.6 Å². The molecule has 0 aliphatic heterocycles. The number of ether oxygens (including phenoxy) is 3. The summed E-state index contributed by atoms with van der Waals surface area (Å²) in [5, 5.41) is 10.4. The van der Waals surface area contributed by atoms with E-state index < -0.39 is 0 Å². The number of nitrogens with one attached hydrogen (secondary N) is 1. The standard InChI is InChI=1S/C18H16BrN3O5/c1-24-13-8-10(9-14(25-2)15(13)26-3)17-21-22-18(27-17)20-16(23)11-6-4-5-7-12(11)19/h4-9H,1-3H3,(H,20,22,23). The number of aromatic nitrogens is 2. The number of rotatable bonds is 6. The van der Waals surface area contributed by atoms with E-state index in [0.717, 1.165) is 0 Å². The second-order valence-corrected chi connectivity index (χ2v) is 6.11. The molecule has 3 aromatic rings. The number of amides is 1. The van der Waals surface area contributed by atoms with Crippen molar-refractivity contribution in [1.29, 1.82) is 0 Å². The first-order valence-electron chi connectivity index (χ1n) is 7.77. The molecular formula is C18H16BrN3O5. The van der Waals surface area contributed by atoms with Crippen LogP contribution >= 0.6 is 15.9 Å². The molecule has 1 N–H and O–H groups in total. The average molecular weight is 434 g/mol. The summed E-state index contributed by atoms with van der Waals surface area (Å²) in [4.78, 5) is 12.3. The molecule has 0 spiro atoms. The Morgan fingerprint density at radius 1 is 1.04 bits per heavy atom. The zero-order chi connectivity index (χ0) is 19.4. The third-order valence-corrected chi connectivity index (χ3v) is 4.37. The van der Waals surface area contributed by atoms with Crippen molar-refractivity contribution in [2.24, 2.45) is 0 Å². The predicted octanol–water partition coefficient (Wildman–Crippen LogP) is 3.78. The van der Waals surface area contributed by atoms with Gasteiger partial charge < -0.3 is 18.6 Å². The van der Waals surface area contributed by atoms with Gasteiger partial charge in [0.1, 0.15) is 0 Å². The first kappa shape index (κ1) is 18.7. The van der Waals surface area contributed by atoms with Crippen molar-refractivity contribution in [2.45, 2.75) is 0 Å². The van der Waals surface area contributed by atoms with Crippen molar-refractivity contribution in [1.82, 2.24) is 10.2 Å². The van der Waals surface area contributed by atoms with E-state index in [2.05, 4.69) is 31.4 Å². The second-order valence-electron chi connectivity index (χ2n) is 5.26. The first-order valence-corrected chi connectivity index (χ1v) is 8.56. The number of hydrogen-bond donors (Lipinski definition) is 1. The van der Waals surface area contributed by atoms with Crippen LogP contribution in [0.4, 0.5) is 6.01 Å². The van der Waals surface area contributed by atoms with Crippen LogP contribution in [0.5, 0.6) is 17.2 Å². The molecule has 0 fully saturated rings. The van der Waals surface area contributed by atoms with Crippen LogP contribution in [0.25, 0.3) is 11.5 Å². The quantitative estimate of drug-likeness (QED) is 0.631. The average Bonchev–Trinajstić information content (AvgIpc) is 3.15. The fraction of sp³-hybridized carbons (Fsp3) is 0.167. The molecule has 140 valence electrons. The van der Waals surface area contributed by atoms with Gasteiger partial charge in [-0.05, 0) is 40.2 Å². The van der Waals surface area contributed by atoms with E-state index >= 15 is 0 Å². The van der Waals surface area contributed by atoms with Crippen molar-refractivity contribution < 1.29 is 23.4 Å². The zero-order valence-corrected chi connectivity index (χ0v) is 16.4. The van der Waals surface area contributed by atoms with Crippen LogP contribution in [-0.2, 0) is 0 Å². The Bertz CT molecular complexity index is 948. The summed E-state index contributed by atoms with van der Waals surface area (Å²) in [6.07, 6.45) is 0. The molecule has 0 saturated heterocycles. The SMILES string of the molecule is COc1cc(-c2nnc(NC(=O)c3ccccc3Br)o2)cc(OC)c1OC. The molecule has 27 heavy (non-hydrogen) atoms. The lowest BCUT2D eigenvalue weighted by Gasteiger charge is -2.12. The van der Waals surface area contributed by atoms with Crippen molar-refractivity contribution in [3.8, 4) is 28.7 Å². The maximum absolute atomic E-state index is 12.3.